The van der Waals surface area contributed by atoms with Gasteiger partial charge in [0.15, 0.2) is 5.82 Å². The van der Waals surface area contributed by atoms with Crippen LogP contribution in [0.3, 0.4) is 0 Å². The van der Waals surface area contributed by atoms with Gasteiger partial charge in [-0.3, -0.25) is 4.98 Å². The molecule has 7 nitrogen and oxygen atoms in total. The first-order valence-electron chi connectivity index (χ1n) is 8.29. The van der Waals surface area contributed by atoms with Gasteiger partial charge in [-0.05, 0) is 38.0 Å². The number of nitrogens with two attached hydrogens (primary N) is 1. The smallest absolute Gasteiger partial charge is 0.213 e. The predicted octanol–water partition coefficient (Wildman–Crippen LogP) is 2.24. The molecule has 0 aliphatic carbocycles. The van der Waals surface area contributed by atoms with Crippen molar-refractivity contribution in [3.05, 3.63) is 35.0 Å². The highest BCUT2D eigenvalue weighted by atomic mass is 32.2. The Morgan fingerprint density at radius 1 is 1.31 bits per heavy atom. The van der Waals surface area contributed by atoms with Crippen LogP contribution in [0.1, 0.15) is 16.9 Å². The summed E-state index contributed by atoms with van der Waals surface area (Å²) in [6.45, 7) is 5.07. The molecule has 0 aromatic carbocycles. The molecule has 1 atom stereocenters. The number of pyridine rings is 1. The lowest BCUT2D eigenvalue weighted by Crippen LogP contribution is -2.32. The van der Waals surface area contributed by atoms with Crippen molar-refractivity contribution < 1.29 is 8.42 Å². The van der Waals surface area contributed by atoms with Gasteiger partial charge in [0, 0.05) is 35.9 Å². The Bertz CT molecular complexity index is 1080. The number of thiophene rings is 1. The summed E-state index contributed by atoms with van der Waals surface area (Å²) in [4.78, 5) is 17.8. The van der Waals surface area contributed by atoms with Crippen LogP contribution < -0.4 is 10.0 Å². The molecule has 0 saturated carbocycles. The minimum absolute atomic E-state index is 0.353. The van der Waals surface area contributed by atoms with E-state index in [4.69, 9.17) is 15.1 Å². The molecule has 2 N–H and O–H groups in total. The number of sulfonamides is 1. The quantitative estimate of drug-likeness (QED) is 0.737. The monoisotopic (exact) mass is 389 g/mol. The maximum Gasteiger partial charge on any atom is 0.213 e. The van der Waals surface area contributed by atoms with Gasteiger partial charge in [0.25, 0.3) is 0 Å². The van der Waals surface area contributed by atoms with E-state index in [0.29, 0.717) is 25.3 Å². The summed E-state index contributed by atoms with van der Waals surface area (Å²) in [7, 11) is -3.56. The summed E-state index contributed by atoms with van der Waals surface area (Å²) in [6, 6.07) is 3.77. The van der Waals surface area contributed by atoms with E-state index in [1.165, 1.54) is 4.88 Å². The standard InChI is InChI=1S/C17H19N5O2S2/c1-10-11(2)25-17-14(10)16(22-7-5-13(9-22)26(18,23)24)20-15(21-17)12-4-3-6-19-8-12/h3-4,6,8,13H,5,7,9H2,1-2H3,(H2,18,23,24). The van der Waals surface area contributed by atoms with Crippen molar-refractivity contribution >= 4 is 37.4 Å². The van der Waals surface area contributed by atoms with Crippen LogP contribution >= 0.6 is 11.3 Å². The van der Waals surface area contributed by atoms with E-state index < -0.39 is 15.3 Å². The van der Waals surface area contributed by atoms with Gasteiger partial charge < -0.3 is 4.90 Å². The fourth-order valence-corrected chi connectivity index (χ4v) is 5.12. The van der Waals surface area contributed by atoms with Gasteiger partial charge in [-0.2, -0.15) is 0 Å². The molecule has 4 heterocycles. The summed E-state index contributed by atoms with van der Waals surface area (Å²) < 4.78 is 23.5. The maximum atomic E-state index is 11.7. The second kappa shape index (κ2) is 6.26. The van der Waals surface area contributed by atoms with Crippen LogP contribution in [-0.2, 0) is 10.0 Å². The van der Waals surface area contributed by atoms with Crippen molar-refractivity contribution in [1.82, 2.24) is 15.0 Å². The average molecular weight is 390 g/mol. The van der Waals surface area contributed by atoms with Crippen LogP contribution in [-0.4, -0.2) is 41.7 Å². The van der Waals surface area contributed by atoms with Gasteiger partial charge in [0.2, 0.25) is 10.0 Å². The van der Waals surface area contributed by atoms with Crippen molar-refractivity contribution in [3.8, 4) is 11.4 Å². The lowest BCUT2D eigenvalue weighted by molar-refractivity contribution is 0.585. The summed E-state index contributed by atoms with van der Waals surface area (Å²) >= 11 is 1.63. The van der Waals surface area contributed by atoms with Crippen LogP contribution in [0, 0.1) is 13.8 Å². The number of rotatable bonds is 3. The minimum atomic E-state index is -3.56. The van der Waals surface area contributed by atoms with Crippen LogP contribution in [0.4, 0.5) is 5.82 Å². The Morgan fingerprint density at radius 2 is 2.12 bits per heavy atom. The van der Waals surface area contributed by atoms with E-state index in [0.717, 1.165) is 27.2 Å². The first-order chi connectivity index (χ1) is 12.3. The van der Waals surface area contributed by atoms with E-state index in [1.54, 1.807) is 23.7 Å². The highest BCUT2D eigenvalue weighted by molar-refractivity contribution is 7.89. The molecule has 1 aliphatic rings. The lowest BCUT2D eigenvalue weighted by Gasteiger charge is -2.19. The lowest BCUT2D eigenvalue weighted by atomic mass is 10.2. The number of anilines is 1. The third kappa shape index (κ3) is 2.95. The van der Waals surface area contributed by atoms with Gasteiger partial charge in [0.05, 0.1) is 10.6 Å². The number of nitrogens with zero attached hydrogens (tertiary/aromatic N) is 4. The SMILES string of the molecule is Cc1sc2nc(-c3cccnc3)nc(N3CCC(S(N)(=O)=O)C3)c2c1C. The van der Waals surface area contributed by atoms with Gasteiger partial charge in [0.1, 0.15) is 10.6 Å². The summed E-state index contributed by atoms with van der Waals surface area (Å²) in [5.74, 6) is 1.38. The first-order valence-corrected chi connectivity index (χ1v) is 10.7. The number of hydrogen-bond donors (Lipinski definition) is 1. The molecule has 1 saturated heterocycles. The molecule has 0 radical (unpaired) electrons. The zero-order valence-electron chi connectivity index (χ0n) is 14.5. The second-order valence-electron chi connectivity index (χ2n) is 6.52. The molecule has 26 heavy (non-hydrogen) atoms. The van der Waals surface area contributed by atoms with Crippen molar-refractivity contribution in [3.63, 3.8) is 0 Å². The Labute approximate surface area is 156 Å². The van der Waals surface area contributed by atoms with E-state index in [2.05, 4.69) is 18.8 Å². The zero-order valence-corrected chi connectivity index (χ0v) is 16.1. The Kier molecular flexibility index (Phi) is 4.17. The second-order valence-corrected chi connectivity index (χ2v) is 9.57. The van der Waals surface area contributed by atoms with Gasteiger partial charge >= 0.3 is 0 Å². The minimum Gasteiger partial charge on any atom is -0.355 e. The normalized spacial score (nSPS) is 18.0. The van der Waals surface area contributed by atoms with Crippen molar-refractivity contribution in [1.29, 1.82) is 0 Å². The van der Waals surface area contributed by atoms with Crippen molar-refractivity contribution in [2.24, 2.45) is 5.14 Å². The van der Waals surface area contributed by atoms with Crippen LogP contribution in [0.5, 0.6) is 0 Å². The van der Waals surface area contributed by atoms with E-state index >= 15 is 0 Å². The first kappa shape index (κ1) is 17.3. The van der Waals surface area contributed by atoms with E-state index in [-0.39, 0.29) is 0 Å². The molecule has 0 spiro atoms. The topological polar surface area (TPSA) is 102 Å². The third-order valence-corrected chi connectivity index (χ3v) is 7.25. The molecule has 9 heteroatoms. The summed E-state index contributed by atoms with van der Waals surface area (Å²) in [6.07, 6.45) is 3.95. The molecule has 3 aromatic rings. The molecule has 0 amide bonds. The van der Waals surface area contributed by atoms with Gasteiger partial charge in [-0.25, -0.2) is 23.5 Å². The van der Waals surface area contributed by atoms with Crippen LogP contribution in [0.25, 0.3) is 21.6 Å². The molecule has 4 rings (SSSR count). The zero-order chi connectivity index (χ0) is 18.5. The number of hydrogen-bond acceptors (Lipinski definition) is 7. The fourth-order valence-electron chi connectivity index (χ4n) is 3.27. The summed E-state index contributed by atoms with van der Waals surface area (Å²) in [5, 5.41) is 5.79. The van der Waals surface area contributed by atoms with Gasteiger partial charge in [-0.15, -0.1) is 11.3 Å². The molecular weight excluding hydrogens is 370 g/mol. The Balaban J connectivity index is 1.87. The summed E-state index contributed by atoms with van der Waals surface area (Å²) in [5.41, 5.74) is 1.97. The number of aryl methyl sites for hydroxylation is 2. The molecular formula is C17H19N5O2S2. The van der Waals surface area contributed by atoms with Crippen LogP contribution in [0.2, 0.25) is 0 Å². The van der Waals surface area contributed by atoms with Gasteiger partial charge in [-0.1, -0.05) is 0 Å². The van der Waals surface area contributed by atoms with E-state index in [1.807, 2.05) is 17.0 Å². The number of primary sulfonamides is 1. The predicted molar refractivity (Wildman–Crippen MR) is 104 cm³/mol. The molecule has 1 unspecified atom stereocenters. The number of fused-ring (bicyclic) bond motifs is 1. The highest BCUT2D eigenvalue weighted by Crippen LogP contribution is 2.37. The average Bonchev–Trinajstić information content (AvgIpc) is 3.21. The fraction of sp³-hybridized carbons (Fsp3) is 0.353. The third-order valence-electron chi connectivity index (χ3n) is 4.84. The Morgan fingerprint density at radius 3 is 2.77 bits per heavy atom. The largest absolute Gasteiger partial charge is 0.355 e. The van der Waals surface area contributed by atoms with Crippen LogP contribution in [0.15, 0.2) is 24.5 Å². The highest BCUT2D eigenvalue weighted by Gasteiger charge is 2.33. The maximum absolute atomic E-state index is 11.7. The van der Waals surface area contributed by atoms with Crippen molar-refractivity contribution in [2.45, 2.75) is 25.5 Å². The molecule has 136 valence electrons. The Hall–Kier alpha value is -2.10. The molecule has 1 fully saturated rings. The van der Waals surface area contributed by atoms with Crippen molar-refractivity contribution in [2.75, 3.05) is 18.0 Å². The van der Waals surface area contributed by atoms with E-state index in [9.17, 15) is 8.42 Å². The molecule has 3 aromatic heterocycles. The number of aromatic nitrogens is 3. The molecule has 0 bridgehead atoms. The molecule has 1 aliphatic heterocycles.